The Balaban J connectivity index is 1.67. The van der Waals surface area contributed by atoms with Gasteiger partial charge in [-0.05, 0) is 36.1 Å². The number of ketones is 1. The maximum absolute atomic E-state index is 13.3. The Morgan fingerprint density at radius 1 is 1.23 bits per heavy atom. The van der Waals surface area contributed by atoms with Gasteiger partial charge in [0.25, 0.3) is 5.91 Å². The van der Waals surface area contributed by atoms with Gasteiger partial charge in [-0.1, -0.05) is 18.2 Å². The second-order valence-electron chi connectivity index (χ2n) is 7.43. The summed E-state index contributed by atoms with van der Waals surface area (Å²) in [6.07, 6.45) is 0. The molecule has 1 fully saturated rings. The molecule has 31 heavy (non-hydrogen) atoms. The highest BCUT2D eigenvalue weighted by molar-refractivity contribution is 7.12. The lowest BCUT2D eigenvalue weighted by Gasteiger charge is -2.31. The van der Waals surface area contributed by atoms with E-state index >= 15 is 0 Å². The van der Waals surface area contributed by atoms with E-state index in [0.717, 1.165) is 18.7 Å². The van der Waals surface area contributed by atoms with Crippen LogP contribution < -0.4 is 4.74 Å². The third kappa shape index (κ3) is 4.51. The highest BCUT2D eigenvalue weighted by Crippen LogP contribution is 2.40. The molecule has 1 unspecified atom stereocenters. The largest absolute Gasteiger partial charge is 0.503 e. The van der Waals surface area contributed by atoms with Gasteiger partial charge in [0, 0.05) is 26.2 Å². The van der Waals surface area contributed by atoms with Crippen LogP contribution in [0.1, 0.15) is 28.2 Å². The molecule has 4 rings (SSSR count). The summed E-state index contributed by atoms with van der Waals surface area (Å²) in [6, 6.07) is 10.2. The fraction of sp³-hybridized carbons (Fsp3) is 0.391. The van der Waals surface area contributed by atoms with Gasteiger partial charge < -0.3 is 19.5 Å². The first-order valence-corrected chi connectivity index (χ1v) is 11.3. The second-order valence-corrected chi connectivity index (χ2v) is 8.38. The number of morpholine rings is 1. The molecule has 1 atom stereocenters. The molecule has 0 aliphatic carbocycles. The molecule has 1 amide bonds. The molecule has 1 saturated heterocycles. The standard InChI is InChI=1S/C23H26N2O5S/c1-2-30-17-6-3-5-16(15-17)20-19(21(26)18-7-4-14-31-18)22(27)23(28)25(20)9-8-24-10-12-29-13-11-24/h3-7,14-15,20,27H,2,8-13H2,1H3. The molecule has 0 bridgehead atoms. The van der Waals surface area contributed by atoms with Gasteiger partial charge in [0.2, 0.25) is 5.78 Å². The van der Waals surface area contributed by atoms with Crippen molar-refractivity contribution in [3.05, 3.63) is 63.6 Å². The van der Waals surface area contributed by atoms with Crippen molar-refractivity contribution >= 4 is 23.0 Å². The number of carbonyl (C=O) groups excluding carboxylic acids is 2. The van der Waals surface area contributed by atoms with Gasteiger partial charge in [0.1, 0.15) is 5.75 Å². The summed E-state index contributed by atoms with van der Waals surface area (Å²) in [5, 5.41) is 12.6. The SMILES string of the molecule is CCOc1cccc(C2C(C(=O)c3cccs3)=C(O)C(=O)N2CCN2CCOCC2)c1. The summed E-state index contributed by atoms with van der Waals surface area (Å²) >= 11 is 1.30. The van der Waals surface area contributed by atoms with Gasteiger partial charge in [-0.25, -0.2) is 0 Å². The van der Waals surface area contributed by atoms with Crippen molar-refractivity contribution in [1.82, 2.24) is 9.80 Å². The number of amides is 1. The van der Waals surface area contributed by atoms with Crippen LogP contribution in [0.25, 0.3) is 0 Å². The van der Waals surface area contributed by atoms with E-state index in [4.69, 9.17) is 9.47 Å². The summed E-state index contributed by atoms with van der Waals surface area (Å²) in [6.45, 7) is 6.38. The molecular weight excluding hydrogens is 416 g/mol. The molecule has 8 heteroatoms. The second kappa shape index (κ2) is 9.64. The Bertz CT molecular complexity index is 966. The predicted octanol–water partition coefficient (Wildman–Crippen LogP) is 3.06. The van der Waals surface area contributed by atoms with Crippen LogP contribution in [0.15, 0.2) is 53.1 Å². The first kappa shape index (κ1) is 21.5. The van der Waals surface area contributed by atoms with Gasteiger partial charge in [-0.2, -0.15) is 0 Å². The number of thiophene rings is 1. The zero-order valence-electron chi connectivity index (χ0n) is 17.5. The number of nitrogens with zero attached hydrogens (tertiary/aromatic N) is 2. The molecule has 3 heterocycles. The summed E-state index contributed by atoms with van der Waals surface area (Å²) in [4.78, 5) is 30.6. The van der Waals surface area contributed by atoms with Crippen molar-refractivity contribution in [2.24, 2.45) is 0 Å². The van der Waals surface area contributed by atoms with Crippen molar-refractivity contribution in [3.63, 3.8) is 0 Å². The van der Waals surface area contributed by atoms with Crippen molar-refractivity contribution in [2.75, 3.05) is 46.0 Å². The van der Waals surface area contributed by atoms with E-state index in [0.29, 0.717) is 43.5 Å². The molecule has 1 N–H and O–H groups in total. The summed E-state index contributed by atoms with van der Waals surface area (Å²) in [7, 11) is 0. The smallest absolute Gasteiger partial charge is 0.290 e. The number of ether oxygens (including phenoxy) is 2. The third-order valence-corrected chi connectivity index (χ3v) is 6.41. The fourth-order valence-electron chi connectivity index (χ4n) is 4.02. The van der Waals surface area contributed by atoms with Crippen molar-refractivity contribution in [1.29, 1.82) is 0 Å². The van der Waals surface area contributed by atoms with Crippen molar-refractivity contribution in [3.8, 4) is 5.75 Å². The summed E-state index contributed by atoms with van der Waals surface area (Å²) < 4.78 is 11.0. The van der Waals surface area contributed by atoms with Gasteiger partial charge >= 0.3 is 0 Å². The van der Waals surface area contributed by atoms with Crippen LogP contribution in [0, 0.1) is 0 Å². The third-order valence-electron chi connectivity index (χ3n) is 5.54. The fourth-order valence-corrected chi connectivity index (χ4v) is 4.70. The Morgan fingerprint density at radius 2 is 2.03 bits per heavy atom. The lowest BCUT2D eigenvalue weighted by Crippen LogP contribution is -2.43. The lowest BCUT2D eigenvalue weighted by molar-refractivity contribution is -0.129. The van der Waals surface area contributed by atoms with E-state index in [2.05, 4.69) is 4.90 Å². The molecular formula is C23H26N2O5S. The minimum Gasteiger partial charge on any atom is -0.503 e. The van der Waals surface area contributed by atoms with Crippen LogP contribution in [0.2, 0.25) is 0 Å². The number of aliphatic hydroxyl groups is 1. The molecule has 0 radical (unpaired) electrons. The number of carbonyl (C=O) groups is 2. The first-order valence-electron chi connectivity index (χ1n) is 10.4. The van der Waals surface area contributed by atoms with E-state index in [-0.39, 0.29) is 11.4 Å². The Hall–Kier alpha value is -2.68. The first-order chi connectivity index (χ1) is 15.1. The molecule has 164 valence electrons. The van der Waals surface area contributed by atoms with Crippen molar-refractivity contribution in [2.45, 2.75) is 13.0 Å². The molecule has 0 spiro atoms. The Morgan fingerprint density at radius 3 is 2.74 bits per heavy atom. The van der Waals surface area contributed by atoms with Crippen LogP contribution in [0.4, 0.5) is 0 Å². The lowest BCUT2D eigenvalue weighted by atomic mass is 9.95. The normalized spacial score (nSPS) is 19.8. The van der Waals surface area contributed by atoms with E-state index in [1.54, 1.807) is 17.0 Å². The molecule has 0 saturated carbocycles. The highest BCUT2D eigenvalue weighted by Gasteiger charge is 2.44. The van der Waals surface area contributed by atoms with Crippen molar-refractivity contribution < 1.29 is 24.2 Å². The molecule has 1 aromatic carbocycles. The summed E-state index contributed by atoms with van der Waals surface area (Å²) in [5.74, 6) is -0.636. The highest BCUT2D eigenvalue weighted by atomic mass is 32.1. The molecule has 7 nitrogen and oxygen atoms in total. The average Bonchev–Trinajstić information content (AvgIpc) is 3.41. The Labute approximate surface area is 185 Å². The molecule has 2 aliphatic heterocycles. The van der Waals surface area contributed by atoms with E-state index in [9.17, 15) is 14.7 Å². The topological polar surface area (TPSA) is 79.3 Å². The van der Waals surface area contributed by atoms with Crippen LogP contribution in [-0.2, 0) is 9.53 Å². The summed E-state index contributed by atoms with van der Waals surface area (Å²) in [5.41, 5.74) is 0.869. The minimum absolute atomic E-state index is 0.128. The Kier molecular flexibility index (Phi) is 6.70. The van der Waals surface area contributed by atoms with Gasteiger partial charge in [-0.3, -0.25) is 14.5 Å². The van der Waals surface area contributed by atoms with Crippen LogP contribution >= 0.6 is 11.3 Å². The number of benzene rings is 1. The zero-order valence-corrected chi connectivity index (χ0v) is 18.3. The number of Topliss-reactive ketones (excluding diaryl/α,β-unsaturated/α-hetero) is 1. The van der Waals surface area contributed by atoms with Gasteiger partial charge in [-0.15, -0.1) is 11.3 Å². The number of rotatable bonds is 8. The average molecular weight is 443 g/mol. The van der Waals surface area contributed by atoms with Crippen LogP contribution in [0.3, 0.4) is 0 Å². The van der Waals surface area contributed by atoms with Gasteiger partial charge in [0.05, 0.1) is 36.3 Å². The maximum Gasteiger partial charge on any atom is 0.290 e. The van der Waals surface area contributed by atoms with E-state index < -0.39 is 17.7 Å². The van der Waals surface area contributed by atoms with E-state index in [1.165, 1.54) is 11.3 Å². The van der Waals surface area contributed by atoms with E-state index in [1.807, 2.05) is 36.6 Å². The molecule has 2 aliphatic rings. The molecule has 1 aromatic heterocycles. The van der Waals surface area contributed by atoms with Crippen LogP contribution in [-0.4, -0.2) is 72.6 Å². The zero-order chi connectivity index (χ0) is 21.8. The van der Waals surface area contributed by atoms with Crippen LogP contribution in [0.5, 0.6) is 5.75 Å². The maximum atomic E-state index is 13.3. The molecule has 2 aromatic rings. The van der Waals surface area contributed by atoms with Gasteiger partial charge in [0.15, 0.2) is 5.76 Å². The number of hydrogen-bond donors (Lipinski definition) is 1. The minimum atomic E-state index is -0.663. The predicted molar refractivity (Wildman–Crippen MR) is 118 cm³/mol. The number of hydrogen-bond acceptors (Lipinski definition) is 7. The monoisotopic (exact) mass is 442 g/mol. The number of aliphatic hydroxyl groups excluding tert-OH is 1. The quantitative estimate of drug-likeness (QED) is 0.633.